The Morgan fingerprint density at radius 2 is 2.00 bits per heavy atom. The van der Waals surface area contributed by atoms with Gasteiger partial charge in [0.05, 0.1) is 17.8 Å². The van der Waals surface area contributed by atoms with Crippen molar-refractivity contribution in [1.29, 1.82) is 0 Å². The molecular weight excluding hydrogens is 326 g/mol. The summed E-state index contributed by atoms with van der Waals surface area (Å²) in [6.45, 7) is 3.72. The van der Waals surface area contributed by atoms with E-state index in [9.17, 15) is 0 Å². The smallest absolute Gasteiger partial charge is 0.154 e. The van der Waals surface area contributed by atoms with Crippen molar-refractivity contribution >= 4 is 17.3 Å². The topological polar surface area (TPSA) is 37.8 Å². The van der Waals surface area contributed by atoms with E-state index in [1.165, 1.54) is 11.3 Å². The van der Waals surface area contributed by atoms with Crippen molar-refractivity contribution in [2.45, 2.75) is 31.8 Å². The number of aromatic nitrogens is 1. The molecule has 2 aliphatic heterocycles. The Kier molecular flexibility index (Phi) is 4.31. The monoisotopic (exact) mass is 345 g/mol. The number of hydrazine groups is 1. The van der Waals surface area contributed by atoms with Crippen LogP contribution < -0.4 is 9.85 Å². The number of halogens is 1. The summed E-state index contributed by atoms with van der Waals surface area (Å²) in [6, 6.07) is 12.5. The minimum absolute atomic E-state index is 0.121. The Labute approximate surface area is 146 Å². The van der Waals surface area contributed by atoms with E-state index in [1.807, 2.05) is 11.2 Å². The first-order valence-corrected chi connectivity index (χ1v) is 8.66. The zero-order chi connectivity index (χ0) is 16.5. The molecule has 24 heavy (non-hydrogen) atoms. The van der Waals surface area contributed by atoms with Gasteiger partial charge in [-0.1, -0.05) is 29.8 Å². The second kappa shape index (κ2) is 6.59. The van der Waals surface area contributed by atoms with Gasteiger partial charge in [0.2, 0.25) is 0 Å². The normalized spacial score (nSPS) is 21.8. The molecule has 126 valence electrons. The molecule has 0 N–H and O–H groups in total. The maximum Gasteiger partial charge on any atom is 0.154 e. The van der Waals surface area contributed by atoms with Gasteiger partial charge in [-0.15, -0.1) is 0 Å². The maximum atomic E-state index is 6.21. The van der Waals surface area contributed by atoms with E-state index < -0.39 is 0 Å². The van der Waals surface area contributed by atoms with Crippen molar-refractivity contribution in [2.24, 2.45) is 0 Å². The number of hydrogen-bond acceptors (Lipinski definition) is 5. The van der Waals surface area contributed by atoms with Gasteiger partial charge in [-0.05, 0) is 36.6 Å². The first-order chi connectivity index (χ1) is 11.7. The van der Waals surface area contributed by atoms with E-state index in [4.69, 9.17) is 21.2 Å². The molecule has 1 saturated heterocycles. The van der Waals surface area contributed by atoms with Crippen molar-refractivity contribution in [3.8, 4) is 5.75 Å². The number of benzene rings is 1. The molecule has 2 aliphatic rings. The van der Waals surface area contributed by atoms with Gasteiger partial charge in [0.1, 0.15) is 5.15 Å². The van der Waals surface area contributed by atoms with Gasteiger partial charge in [0.25, 0.3) is 0 Å². The molecule has 0 spiro atoms. The highest BCUT2D eigenvalue weighted by molar-refractivity contribution is 6.29. The van der Waals surface area contributed by atoms with Crippen LogP contribution in [-0.4, -0.2) is 29.4 Å². The summed E-state index contributed by atoms with van der Waals surface area (Å²) < 4.78 is 5.53. The molecule has 0 bridgehead atoms. The molecular formula is C18H20ClN3O2. The van der Waals surface area contributed by atoms with Gasteiger partial charge in [-0.25, -0.2) is 4.98 Å². The zero-order valence-electron chi connectivity index (χ0n) is 13.6. The Hall–Kier alpha value is -1.82. The van der Waals surface area contributed by atoms with E-state index >= 15 is 0 Å². The average Bonchev–Trinajstić information content (AvgIpc) is 2.88. The molecule has 0 radical (unpaired) electrons. The lowest BCUT2D eigenvalue weighted by Gasteiger charge is -2.39. The number of hydroxylamine groups is 1. The molecule has 1 fully saturated rings. The maximum absolute atomic E-state index is 6.21. The lowest BCUT2D eigenvalue weighted by molar-refractivity contribution is -0.106. The summed E-state index contributed by atoms with van der Waals surface area (Å²) in [5.74, 6) is 0.687. The van der Waals surface area contributed by atoms with Crippen molar-refractivity contribution in [2.75, 3.05) is 18.2 Å². The highest BCUT2D eigenvalue weighted by Gasteiger charge is 2.40. The van der Waals surface area contributed by atoms with Crippen molar-refractivity contribution < 1.29 is 9.57 Å². The lowest BCUT2D eigenvalue weighted by atomic mass is 10.1. The molecule has 1 unspecified atom stereocenters. The first kappa shape index (κ1) is 15.7. The van der Waals surface area contributed by atoms with Gasteiger partial charge in [0, 0.05) is 31.5 Å². The number of anilines is 1. The van der Waals surface area contributed by atoms with Crippen LogP contribution in [0.4, 0.5) is 5.69 Å². The summed E-state index contributed by atoms with van der Waals surface area (Å²) in [6.07, 6.45) is 3.63. The Morgan fingerprint density at radius 3 is 2.79 bits per heavy atom. The Balaban J connectivity index is 1.68. The molecule has 0 saturated carbocycles. The number of ether oxygens (including phenoxy) is 1. The summed E-state index contributed by atoms with van der Waals surface area (Å²) in [4.78, 5) is 10.2. The first-order valence-electron chi connectivity index (χ1n) is 8.28. The third-order valence-corrected chi connectivity index (χ3v) is 4.82. The minimum atomic E-state index is 0.121. The lowest BCUT2D eigenvalue weighted by Crippen LogP contribution is -2.49. The van der Waals surface area contributed by atoms with Gasteiger partial charge >= 0.3 is 0 Å². The van der Waals surface area contributed by atoms with Gasteiger partial charge in [0.15, 0.2) is 5.75 Å². The molecule has 2 aromatic rings. The van der Waals surface area contributed by atoms with Gasteiger partial charge < -0.3 is 9.57 Å². The second-order valence-electron chi connectivity index (χ2n) is 6.13. The molecule has 5 nitrogen and oxygen atoms in total. The Morgan fingerprint density at radius 1 is 1.21 bits per heavy atom. The van der Waals surface area contributed by atoms with E-state index in [-0.39, 0.29) is 6.04 Å². The average molecular weight is 346 g/mol. The fraction of sp³-hybridized carbons (Fsp3) is 0.389. The van der Waals surface area contributed by atoms with Crippen molar-refractivity contribution in [3.63, 3.8) is 0 Å². The molecule has 0 amide bonds. The Bertz CT molecular complexity index is 721. The summed E-state index contributed by atoms with van der Waals surface area (Å²) >= 11 is 6.00. The predicted molar refractivity (Wildman–Crippen MR) is 92.9 cm³/mol. The number of hydrogen-bond donors (Lipinski definition) is 0. The summed E-state index contributed by atoms with van der Waals surface area (Å²) in [7, 11) is 0. The molecule has 0 aliphatic carbocycles. The third kappa shape index (κ3) is 2.83. The SMILES string of the molecule is CC1c2ccccc2N(C2CCOCC2)N1Oc1ccnc(Cl)c1. The molecule has 3 heterocycles. The van der Waals surface area contributed by atoms with Gasteiger partial charge in [-0.3, -0.25) is 5.01 Å². The second-order valence-corrected chi connectivity index (χ2v) is 6.52. The van der Waals surface area contributed by atoms with E-state index in [0.29, 0.717) is 16.9 Å². The fourth-order valence-corrected chi connectivity index (χ4v) is 3.58. The fourth-order valence-electron chi connectivity index (χ4n) is 3.42. The van der Waals surface area contributed by atoms with Crippen LogP contribution in [0.25, 0.3) is 0 Å². The van der Waals surface area contributed by atoms with E-state index in [2.05, 4.69) is 41.2 Å². The van der Waals surface area contributed by atoms with Gasteiger partial charge in [-0.2, -0.15) is 0 Å². The molecule has 1 aromatic heterocycles. The quantitative estimate of drug-likeness (QED) is 0.786. The molecule has 1 atom stereocenters. The summed E-state index contributed by atoms with van der Waals surface area (Å²) in [5.41, 5.74) is 2.47. The predicted octanol–water partition coefficient (Wildman–Crippen LogP) is 4.01. The number of para-hydroxylation sites is 1. The number of rotatable bonds is 3. The van der Waals surface area contributed by atoms with Crippen molar-refractivity contribution in [3.05, 3.63) is 53.3 Å². The molecule has 1 aromatic carbocycles. The molecule has 6 heteroatoms. The van der Waals surface area contributed by atoms with Crippen LogP contribution >= 0.6 is 11.6 Å². The highest BCUT2D eigenvalue weighted by Crippen LogP contribution is 2.42. The standard InChI is InChI=1S/C18H20ClN3O2/c1-13-16-4-2-3-5-17(16)21(14-7-10-23-11-8-14)22(13)24-15-6-9-20-18(19)12-15/h2-6,9,12-14H,7-8,10-11H2,1H3. The van der Waals surface area contributed by atoms with Crippen LogP contribution in [0, 0.1) is 0 Å². The van der Waals surface area contributed by atoms with Crippen LogP contribution in [0.5, 0.6) is 5.75 Å². The summed E-state index contributed by atoms with van der Waals surface area (Å²) in [5, 5.41) is 4.66. The minimum Gasteiger partial charge on any atom is -0.385 e. The zero-order valence-corrected chi connectivity index (χ0v) is 14.3. The number of nitrogens with zero attached hydrogens (tertiary/aromatic N) is 3. The van der Waals surface area contributed by atoms with E-state index in [1.54, 1.807) is 12.3 Å². The largest absolute Gasteiger partial charge is 0.385 e. The van der Waals surface area contributed by atoms with Crippen LogP contribution in [-0.2, 0) is 4.74 Å². The molecule has 4 rings (SSSR count). The highest BCUT2D eigenvalue weighted by atomic mass is 35.5. The third-order valence-electron chi connectivity index (χ3n) is 4.61. The van der Waals surface area contributed by atoms with Crippen LogP contribution in [0.1, 0.15) is 31.4 Å². The van der Waals surface area contributed by atoms with E-state index in [0.717, 1.165) is 26.1 Å². The number of fused-ring (bicyclic) bond motifs is 1. The van der Waals surface area contributed by atoms with Crippen LogP contribution in [0.15, 0.2) is 42.6 Å². The van der Waals surface area contributed by atoms with Crippen LogP contribution in [0.3, 0.4) is 0 Å². The van der Waals surface area contributed by atoms with Crippen molar-refractivity contribution in [1.82, 2.24) is 10.2 Å². The van der Waals surface area contributed by atoms with Crippen LogP contribution in [0.2, 0.25) is 5.15 Å². The number of pyridine rings is 1.